The summed E-state index contributed by atoms with van der Waals surface area (Å²) >= 11 is 6.13. The van der Waals surface area contributed by atoms with Crippen LogP contribution in [0.1, 0.15) is 24.1 Å². The number of carbonyl (C=O) groups is 3. The zero-order valence-electron chi connectivity index (χ0n) is 19.7. The molecule has 4 rings (SSSR count). The smallest absolute Gasteiger partial charge is 0.300 e. The lowest BCUT2D eigenvalue weighted by molar-refractivity contribution is -0.132. The number of carbonyl (C=O) groups excluding carboxylic acids is 3. The number of nitrogens with one attached hydrogen (secondary N) is 1. The molecule has 8 nitrogen and oxygen atoms in total. The molecule has 0 saturated carbocycles. The minimum atomic E-state index is -1.02. The molecule has 0 aromatic heterocycles. The third-order valence-corrected chi connectivity index (χ3v) is 6.06. The molecule has 0 spiro atoms. The summed E-state index contributed by atoms with van der Waals surface area (Å²) in [5.41, 5.74) is 1.42. The van der Waals surface area contributed by atoms with E-state index in [0.717, 1.165) is 0 Å². The minimum absolute atomic E-state index is 0.126. The van der Waals surface area contributed by atoms with E-state index >= 15 is 0 Å². The highest BCUT2D eigenvalue weighted by Gasteiger charge is 2.48. The van der Waals surface area contributed by atoms with Crippen LogP contribution in [-0.4, -0.2) is 36.9 Å². The number of rotatable bonds is 6. The third-order valence-electron chi connectivity index (χ3n) is 5.75. The first-order valence-corrected chi connectivity index (χ1v) is 11.3. The summed E-state index contributed by atoms with van der Waals surface area (Å²) in [6.07, 6.45) is 0. The lowest BCUT2D eigenvalue weighted by Gasteiger charge is -2.27. The highest BCUT2D eigenvalue weighted by molar-refractivity contribution is 6.51. The maximum atomic E-state index is 13.4. The predicted octanol–water partition coefficient (Wildman–Crippen LogP) is 4.94. The minimum Gasteiger partial charge on any atom is -0.507 e. The first kappa shape index (κ1) is 24.8. The van der Waals surface area contributed by atoms with Gasteiger partial charge in [-0.3, -0.25) is 19.3 Å². The van der Waals surface area contributed by atoms with E-state index < -0.39 is 17.7 Å². The number of anilines is 2. The molecule has 184 valence electrons. The highest BCUT2D eigenvalue weighted by atomic mass is 35.5. The van der Waals surface area contributed by atoms with Crippen molar-refractivity contribution in [3.8, 4) is 11.5 Å². The molecule has 1 fully saturated rings. The molecule has 1 saturated heterocycles. The highest BCUT2D eigenvalue weighted by Crippen LogP contribution is 2.45. The van der Waals surface area contributed by atoms with Crippen LogP contribution in [0.15, 0.2) is 72.3 Å². The number of methoxy groups -OCH3 is 2. The Kier molecular flexibility index (Phi) is 6.98. The molecule has 2 amide bonds. The Labute approximate surface area is 212 Å². The zero-order chi connectivity index (χ0) is 26.0. The van der Waals surface area contributed by atoms with Crippen molar-refractivity contribution in [2.24, 2.45) is 0 Å². The van der Waals surface area contributed by atoms with Crippen LogP contribution in [0.25, 0.3) is 5.76 Å². The third kappa shape index (κ3) is 4.50. The van der Waals surface area contributed by atoms with Crippen molar-refractivity contribution in [3.63, 3.8) is 0 Å². The van der Waals surface area contributed by atoms with Crippen LogP contribution in [0.5, 0.6) is 11.5 Å². The Morgan fingerprint density at radius 2 is 1.69 bits per heavy atom. The fourth-order valence-corrected chi connectivity index (χ4v) is 4.38. The van der Waals surface area contributed by atoms with Gasteiger partial charge in [-0.05, 0) is 42.5 Å². The number of ether oxygens (including phenoxy) is 2. The number of nitrogens with zero attached hydrogens (tertiary/aromatic N) is 1. The zero-order valence-corrected chi connectivity index (χ0v) is 20.5. The number of aliphatic hydroxyl groups is 1. The van der Waals surface area contributed by atoms with E-state index in [-0.39, 0.29) is 22.8 Å². The maximum absolute atomic E-state index is 13.4. The maximum Gasteiger partial charge on any atom is 0.300 e. The molecule has 3 aromatic carbocycles. The average Bonchev–Trinajstić information content (AvgIpc) is 3.13. The Hall–Kier alpha value is -4.30. The molecule has 2 N–H and O–H groups in total. The quantitative estimate of drug-likeness (QED) is 0.279. The predicted molar refractivity (Wildman–Crippen MR) is 137 cm³/mol. The van der Waals surface area contributed by atoms with Gasteiger partial charge >= 0.3 is 0 Å². The topological polar surface area (TPSA) is 105 Å². The molecule has 3 aromatic rings. The molecule has 1 atom stereocenters. The summed E-state index contributed by atoms with van der Waals surface area (Å²) < 4.78 is 10.8. The van der Waals surface area contributed by atoms with Gasteiger partial charge in [0.2, 0.25) is 5.91 Å². The molecule has 0 radical (unpaired) electrons. The largest absolute Gasteiger partial charge is 0.507 e. The van der Waals surface area contributed by atoms with Gasteiger partial charge in [-0.2, -0.15) is 0 Å². The van der Waals surface area contributed by atoms with Gasteiger partial charge < -0.3 is 19.9 Å². The summed E-state index contributed by atoms with van der Waals surface area (Å²) in [6.45, 7) is 1.37. The first-order valence-electron chi connectivity index (χ1n) is 10.9. The number of aliphatic hydroxyl groups excluding tert-OH is 1. The fourth-order valence-electron chi connectivity index (χ4n) is 4.18. The molecule has 1 heterocycles. The molecular formula is C27H23ClN2O6. The van der Waals surface area contributed by atoms with E-state index in [1.54, 1.807) is 48.5 Å². The molecule has 9 heteroatoms. The summed E-state index contributed by atoms with van der Waals surface area (Å²) in [6, 6.07) is 17.0. The summed E-state index contributed by atoms with van der Waals surface area (Å²) in [5, 5.41) is 14.3. The van der Waals surface area contributed by atoms with Crippen LogP contribution < -0.4 is 19.7 Å². The Morgan fingerprint density at radius 1 is 0.972 bits per heavy atom. The van der Waals surface area contributed by atoms with E-state index in [4.69, 9.17) is 21.1 Å². The molecular weight excluding hydrogens is 484 g/mol. The van der Waals surface area contributed by atoms with E-state index in [0.29, 0.717) is 33.5 Å². The van der Waals surface area contributed by atoms with Crippen molar-refractivity contribution in [3.05, 3.63) is 88.5 Å². The summed E-state index contributed by atoms with van der Waals surface area (Å²) in [4.78, 5) is 39.7. The Morgan fingerprint density at radius 3 is 2.39 bits per heavy atom. The first-order chi connectivity index (χ1) is 17.3. The normalized spacial score (nSPS) is 16.7. The van der Waals surface area contributed by atoms with Crippen molar-refractivity contribution in [2.75, 3.05) is 24.4 Å². The van der Waals surface area contributed by atoms with Crippen LogP contribution in [0, 0.1) is 0 Å². The van der Waals surface area contributed by atoms with Crippen LogP contribution in [0.2, 0.25) is 5.02 Å². The lowest BCUT2D eigenvalue weighted by Crippen LogP contribution is -2.29. The number of para-hydroxylation sites is 1. The second-order valence-corrected chi connectivity index (χ2v) is 8.40. The number of amides is 2. The van der Waals surface area contributed by atoms with Crippen molar-refractivity contribution < 1.29 is 29.0 Å². The Balaban J connectivity index is 1.96. The van der Waals surface area contributed by atoms with Crippen molar-refractivity contribution in [1.82, 2.24) is 0 Å². The number of benzene rings is 3. The van der Waals surface area contributed by atoms with Gasteiger partial charge in [-0.1, -0.05) is 35.9 Å². The molecule has 1 aliphatic heterocycles. The molecule has 0 aliphatic carbocycles. The molecule has 1 unspecified atom stereocenters. The molecule has 36 heavy (non-hydrogen) atoms. The fraction of sp³-hybridized carbons (Fsp3) is 0.148. The van der Waals surface area contributed by atoms with Gasteiger partial charge in [0.05, 0.1) is 30.9 Å². The van der Waals surface area contributed by atoms with E-state index in [1.165, 1.54) is 44.2 Å². The average molecular weight is 507 g/mol. The molecule has 0 bridgehead atoms. The Bertz CT molecular complexity index is 1400. The van der Waals surface area contributed by atoms with Crippen LogP contribution in [0.3, 0.4) is 0 Å². The van der Waals surface area contributed by atoms with Crippen LogP contribution in [-0.2, 0) is 14.4 Å². The lowest BCUT2D eigenvalue weighted by atomic mass is 9.94. The van der Waals surface area contributed by atoms with Crippen LogP contribution >= 0.6 is 11.6 Å². The van der Waals surface area contributed by atoms with Gasteiger partial charge in [0.25, 0.3) is 11.7 Å². The number of hydrogen-bond acceptors (Lipinski definition) is 6. The SMILES string of the molecule is COc1cc(/C(O)=C2\C(=O)C(=O)N(c3cccc(NC(C)=O)c3)C2c2ccccc2OC)ccc1Cl. The van der Waals surface area contributed by atoms with E-state index in [2.05, 4.69) is 5.32 Å². The van der Waals surface area contributed by atoms with Gasteiger partial charge in [0.15, 0.2) is 0 Å². The second-order valence-electron chi connectivity index (χ2n) is 7.99. The number of halogens is 1. The number of ketones is 1. The van der Waals surface area contributed by atoms with E-state index in [1.807, 2.05) is 0 Å². The van der Waals surface area contributed by atoms with Crippen molar-refractivity contribution in [1.29, 1.82) is 0 Å². The van der Waals surface area contributed by atoms with E-state index in [9.17, 15) is 19.5 Å². The monoisotopic (exact) mass is 506 g/mol. The van der Waals surface area contributed by atoms with Gasteiger partial charge in [0.1, 0.15) is 17.3 Å². The number of Topliss-reactive ketones (excluding diaryl/α,β-unsaturated/α-hetero) is 1. The standard InChI is InChI=1S/C27H23ClN2O6/c1-15(31)29-17-7-6-8-18(14-17)30-24(19-9-4-5-10-21(19)35-2)23(26(33)27(30)34)25(32)16-11-12-20(28)22(13-16)36-3/h4-14,24,32H,1-3H3,(H,29,31)/b25-23+. The summed E-state index contributed by atoms with van der Waals surface area (Å²) in [7, 11) is 2.91. The summed E-state index contributed by atoms with van der Waals surface area (Å²) in [5.74, 6) is -1.67. The number of hydrogen-bond donors (Lipinski definition) is 2. The van der Waals surface area contributed by atoms with Crippen molar-refractivity contribution in [2.45, 2.75) is 13.0 Å². The van der Waals surface area contributed by atoms with Crippen molar-refractivity contribution >= 4 is 46.3 Å². The van der Waals surface area contributed by atoms with Gasteiger partial charge in [-0.15, -0.1) is 0 Å². The molecule has 1 aliphatic rings. The second kappa shape index (κ2) is 10.1. The van der Waals surface area contributed by atoms with Gasteiger partial charge in [0, 0.05) is 29.4 Å². The van der Waals surface area contributed by atoms with Gasteiger partial charge in [-0.25, -0.2) is 0 Å². The van der Waals surface area contributed by atoms with Crippen LogP contribution in [0.4, 0.5) is 11.4 Å².